The Bertz CT molecular complexity index is 692. The van der Waals surface area contributed by atoms with Gasteiger partial charge in [-0.1, -0.05) is 11.6 Å². The molecule has 1 aromatic heterocycles. The molecule has 7 heteroatoms. The van der Waals surface area contributed by atoms with Crippen molar-refractivity contribution in [2.45, 2.75) is 6.92 Å². The van der Waals surface area contributed by atoms with Crippen LogP contribution in [0.15, 0.2) is 24.4 Å². The van der Waals surface area contributed by atoms with Crippen molar-refractivity contribution in [1.29, 1.82) is 0 Å². The van der Waals surface area contributed by atoms with E-state index >= 15 is 0 Å². The molecule has 1 aromatic carbocycles. The third kappa shape index (κ3) is 2.85. The van der Waals surface area contributed by atoms with Crippen LogP contribution in [-0.2, 0) is 0 Å². The summed E-state index contributed by atoms with van der Waals surface area (Å²) in [4.78, 5) is 15.7. The largest absolute Gasteiger partial charge is 0.384 e. The van der Waals surface area contributed by atoms with E-state index in [0.29, 0.717) is 0 Å². The zero-order valence-corrected chi connectivity index (χ0v) is 11.1. The Kier molecular flexibility index (Phi) is 3.85. The first-order valence-corrected chi connectivity index (χ1v) is 5.94. The zero-order valence-electron chi connectivity index (χ0n) is 10.4. The van der Waals surface area contributed by atoms with Crippen LogP contribution in [0.25, 0.3) is 0 Å². The molecular weight excluding hydrogens is 288 g/mol. The molecule has 0 aliphatic rings. The molecule has 1 heterocycles. The van der Waals surface area contributed by atoms with E-state index in [-0.39, 0.29) is 27.7 Å². The summed E-state index contributed by atoms with van der Waals surface area (Å²) in [5.41, 5.74) is 5.35. The van der Waals surface area contributed by atoms with E-state index in [2.05, 4.69) is 10.3 Å². The number of pyridine rings is 1. The van der Waals surface area contributed by atoms with E-state index in [0.717, 1.165) is 12.1 Å². The van der Waals surface area contributed by atoms with Gasteiger partial charge in [-0.25, -0.2) is 13.8 Å². The lowest BCUT2D eigenvalue weighted by atomic mass is 10.2. The fourth-order valence-corrected chi connectivity index (χ4v) is 1.75. The number of nitrogens with zero attached hydrogens (tertiary/aromatic N) is 1. The first kappa shape index (κ1) is 14.2. The van der Waals surface area contributed by atoms with Crippen LogP contribution in [0.1, 0.15) is 15.9 Å². The third-order valence-electron chi connectivity index (χ3n) is 2.62. The first-order chi connectivity index (χ1) is 9.38. The molecule has 0 radical (unpaired) electrons. The molecule has 0 saturated heterocycles. The summed E-state index contributed by atoms with van der Waals surface area (Å²) in [7, 11) is 0. The van der Waals surface area contributed by atoms with Gasteiger partial charge in [0.1, 0.15) is 17.5 Å². The summed E-state index contributed by atoms with van der Waals surface area (Å²) in [6.45, 7) is 1.42. The number of nitrogens with one attached hydrogen (secondary N) is 1. The van der Waals surface area contributed by atoms with Crippen molar-refractivity contribution in [2.24, 2.45) is 0 Å². The number of carbonyl (C=O) groups excluding carboxylic acids is 1. The monoisotopic (exact) mass is 297 g/mol. The average molecular weight is 298 g/mol. The van der Waals surface area contributed by atoms with Crippen LogP contribution in [0.4, 0.5) is 20.3 Å². The van der Waals surface area contributed by atoms with E-state index in [1.807, 2.05) is 0 Å². The molecule has 0 aliphatic heterocycles. The van der Waals surface area contributed by atoms with Crippen molar-refractivity contribution in [3.05, 3.63) is 52.2 Å². The number of anilines is 2. The van der Waals surface area contributed by atoms with E-state index in [4.69, 9.17) is 17.3 Å². The fraction of sp³-hybridized carbons (Fsp3) is 0.0769. The number of nitrogens with two attached hydrogens (primary N) is 1. The van der Waals surface area contributed by atoms with Gasteiger partial charge in [0.05, 0.1) is 16.3 Å². The van der Waals surface area contributed by atoms with Crippen molar-refractivity contribution < 1.29 is 13.6 Å². The topological polar surface area (TPSA) is 68.0 Å². The number of hydrogen-bond acceptors (Lipinski definition) is 3. The highest BCUT2D eigenvalue weighted by atomic mass is 35.5. The Morgan fingerprint density at radius 3 is 2.70 bits per heavy atom. The fourth-order valence-electron chi connectivity index (χ4n) is 1.56. The van der Waals surface area contributed by atoms with Gasteiger partial charge in [-0.3, -0.25) is 4.79 Å². The minimum atomic E-state index is -0.740. The van der Waals surface area contributed by atoms with Crippen LogP contribution >= 0.6 is 11.6 Å². The second-order valence-corrected chi connectivity index (χ2v) is 4.53. The minimum Gasteiger partial charge on any atom is -0.384 e. The average Bonchev–Trinajstić information content (AvgIpc) is 2.38. The van der Waals surface area contributed by atoms with Gasteiger partial charge >= 0.3 is 0 Å². The summed E-state index contributed by atoms with van der Waals surface area (Å²) in [6, 6.07) is 3.15. The van der Waals surface area contributed by atoms with Crippen molar-refractivity contribution in [3.8, 4) is 0 Å². The van der Waals surface area contributed by atoms with E-state index in [1.54, 1.807) is 0 Å². The van der Waals surface area contributed by atoms with Crippen molar-refractivity contribution in [2.75, 3.05) is 11.1 Å². The summed E-state index contributed by atoms with van der Waals surface area (Å²) < 4.78 is 27.0. The quantitative estimate of drug-likeness (QED) is 0.894. The Morgan fingerprint density at radius 2 is 2.00 bits per heavy atom. The van der Waals surface area contributed by atoms with Gasteiger partial charge in [0.15, 0.2) is 0 Å². The molecule has 0 spiro atoms. The molecule has 0 fully saturated rings. The van der Waals surface area contributed by atoms with Crippen LogP contribution < -0.4 is 11.1 Å². The molecule has 104 valence electrons. The highest BCUT2D eigenvalue weighted by Crippen LogP contribution is 2.22. The van der Waals surface area contributed by atoms with Gasteiger partial charge in [0, 0.05) is 12.3 Å². The maximum Gasteiger partial charge on any atom is 0.257 e. The Labute approximate surface area is 118 Å². The number of hydrogen-bond donors (Lipinski definition) is 2. The number of amides is 1. The molecule has 1 amide bonds. The number of benzene rings is 1. The Hall–Kier alpha value is -2.21. The predicted octanol–water partition coefficient (Wildman–Crippen LogP) is 3.16. The van der Waals surface area contributed by atoms with Crippen molar-refractivity contribution in [1.82, 2.24) is 4.98 Å². The second kappa shape index (κ2) is 5.42. The third-order valence-corrected chi connectivity index (χ3v) is 2.92. The van der Waals surface area contributed by atoms with Crippen LogP contribution in [0.2, 0.25) is 5.02 Å². The molecule has 2 rings (SSSR count). The van der Waals surface area contributed by atoms with Crippen molar-refractivity contribution in [3.63, 3.8) is 0 Å². The maximum atomic E-state index is 13.6. The highest BCUT2D eigenvalue weighted by Gasteiger charge is 2.15. The summed E-state index contributed by atoms with van der Waals surface area (Å²) in [5, 5.41) is 2.30. The van der Waals surface area contributed by atoms with Crippen LogP contribution in [-0.4, -0.2) is 10.9 Å². The Balaban J connectivity index is 2.32. The molecule has 0 atom stereocenters. The highest BCUT2D eigenvalue weighted by molar-refractivity contribution is 6.34. The number of aryl methyl sites for hydroxylation is 1. The SMILES string of the molecule is Cc1cc(F)c(NC(=O)c2cc(N)ncc2Cl)cc1F. The normalized spacial score (nSPS) is 10.4. The second-order valence-electron chi connectivity index (χ2n) is 4.12. The molecule has 2 aromatic rings. The van der Waals surface area contributed by atoms with Crippen LogP contribution in [0.3, 0.4) is 0 Å². The summed E-state index contributed by atoms with van der Waals surface area (Å²) in [5.74, 6) is -1.97. The Morgan fingerprint density at radius 1 is 1.30 bits per heavy atom. The lowest BCUT2D eigenvalue weighted by Gasteiger charge is -2.09. The van der Waals surface area contributed by atoms with Gasteiger partial charge in [0.2, 0.25) is 0 Å². The van der Waals surface area contributed by atoms with Crippen LogP contribution in [0, 0.1) is 18.6 Å². The number of nitrogen functional groups attached to an aromatic ring is 1. The molecule has 0 aliphatic carbocycles. The number of rotatable bonds is 2. The molecule has 3 N–H and O–H groups in total. The standard InChI is InChI=1S/C13H10ClF2N3O/c1-6-2-10(16)11(4-9(6)15)19-13(20)7-3-12(17)18-5-8(7)14/h2-5H,1H3,(H2,17,18)(H,19,20). The van der Waals surface area contributed by atoms with E-state index in [9.17, 15) is 13.6 Å². The number of halogens is 3. The van der Waals surface area contributed by atoms with E-state index < -0.39 is 17.5 Å². The minimum absolute atomic E-state index is 0.0274. The van der Waals surface area contributed by atoms with Crippen LogP contribution in [0.5, 0.6) is 0 Å². The zero-order chi connectivity index (χ0) is 14.9. The van der Waals surface area contributed by atoms with Gasteiger partial charge in [0.25, 0.3) is 5.91 Å². The number of carbonyl (C=O) groups is 1. The molecule has 20 heavy (non-hydrogen) atoms. The molecule has 4 nitrogen and oxygen atoms in total. The lowest BCUT2D eigenvalue weighted by molar-refractivity contribution is 0.102. The first-order valence-electron chi connectivity index (χ1n) is 5.56. The van der Waals surface area contributed by atoms with Crippen molar-refractivity contribution >= 4 is 29.0 Å². The van der Waals surface area contributed by atoms with Gasteiger partial charge in [-0.05, 0) is 24.6 Å². The van der Waals surface area contributed by atoms with Gasteiger partial charge < -0.3 is 11.1 Å². The van der Waals surface area contributed by atoms with Gasteiger partial charge in [-0.2, -0.15) is 0 Å². The smallest absolute Gasteiger partial charge is 0.257 e. The molecule has 0 unspecified atom stereocenters. The van der Waals surface area contributed by atoms with Gasteiger partial charge in [-0.15, -0.1) is 0 Å². The summed E-state index contributed by atoms with van der Waals surface area (Å²) in [6.07, 6.45) is 1.21. The van der Waals surface area contributed by atoms with E-state index in [1.165, 1.54) is 19.2 Å². The lowest BCUT2D eigenvalue weighted by Crippen LogP contribution is -2.14. The molecule has 0 bridgehead atoms. The maximum absolute atomic E-state index is 13.6. The molecule has 0 saturated carbocycles. The number of aromatic nitrogens is 1. The summed E-state index contributed by atoms with van der Waals surface area (Å²) >= 11 is 5.81. The predicted molar refractivity (Wildman–Crippen MR) is 72.7 cm³/mol. The molecular formula is C13H10ClF2N3O.